The van der Waals surface area contributed by atoms with E-state index in [1.165, 1.54) is 38.5 Å². The van der Waals surface area contributed by atoms with Crippen LogP contribution >= 0.6 is 0 Å². The summed E-state index contributed by atoms with van der Waals surface area (Å²) in [5.74, 6) is 1.82. The fourth-order valence-electron chi connectivity index (χ4n) is 3.93. The molecular formula is C16H29N. The predicted molar refractivity (Wildman–Crippen MR) is 74.8 cm³/mol. The number of hydrogen-bond acceptors (Lipinski definition) is 1. The highest BCUT2D eigenvalue weighted by Crippen LogP contribution is 2.43. The number of nitrogens with two attached hydrogens (primary N) is 1. The summed E-state index contributed by atoms with van der Waals surface area (Å²) in [6.45, 7) is 7.10. The lowest BCUT2D eigenvalue weighted by atomic mass is 9.68. The van der Waals surface area contributed by atoms with E-state index in [1.807, 2.05) is 0 Å². The van der Waals surface area contributed by atoms with Crippen LogP contribution in [0.2, 0.25) is 0 Å². The average Bonchev–Trinajstić information content (AvgIpc) is 2.26. The second-order valence-corrected chi connectivity index (χ2v) is 7.09. The van der Waals surface area contributed by atoms with Crippen molar-refractivity contribution in [2.75, 3.05) is 0 Å². The van der Waals surface area contributed by atoms with Crippen LogP contribution in [0.15, 0.2) is 11.6 Å². The third-order valence-corrected chi connectivity index (χ3v) is 4.78. The van der Waals surface area contributed by atoms with Crippen LogP contribution in [-0.4, -0.2) is 6.04 Å². The molecule has 0 aromatic rings. The van der Waals surface area contributed by atoms with Crippen molar-refractivity contribution >= 4 is 0 Å². The summed E-state index contributed by atoms with van der Waals surface area (Å²) in [4.78, 5) is 0. The van der Waals surface area contributed by atoms with Gasteiger partial charge in [-0.25, -0.2) is 0 Å². The summed E-state index contributed by atoms with van der Waals surface area (Å²) in [6.07, 6.45) is 11.9. The third-order valence-electron chi connectivity index (χ3n) is 4.78. The smallest absolute Gasteiger partial charge is 0.0231 e. The quantitative estimate of drug-likeness (QED) is 0.710. The Morgan fingerprint density at radius 2 is 2.12 bits per heavy atom. The van der Waals surface area contributed by atoms with Gasteiger partial charge >= 0.3 is 0 Å². The molecule has 0 bridgehead atoms. The van der Waals surface area contributed by atoms with Crippen molar-refractivity contribution in [1.82, 2.24) is 0 Å². The summed E-state index contributed by atoms with van der Waals surface area (Å²) in [6, 6.07) is 0.302. The molecule has 0 aliphatic heterocycles. The molecule has 2 aliphatic rings. The van der Waals surface area contributed by atoms with Crippen LogP contribution in [0.25, 0.3) is 0 Å². The SMILES string of the molecule is CCC1CCCC(C2=CC(N)CC(C)(C)C2)C1. The van der Waals surface area contributed by atoms with Gasteiger partial charge in [0.15, 0.2) is 0 Å². The standard InChI is InChI=1S/C16H29N/c1-4-12-6-5-7-13(8-12)14-9-15(17)11-16(2,3)10-14/h9,12-13,15H,4-8,10-11,17H2,1-3H3. The van der Waals surface area contributed by atoms with Crippen LogP contribution in [0.5, 0.6) is 0 Å². The van der Waals surface area contributed by atoms with Crippen molar-refractivity contribution < 1.29 is 0 Å². The minimum absolute atomic E-state index is 0.302. The zero-order valence-corrected chi connectivity index (χ0v) is 11.8. The molecule has 0 spiro atoms. The van der Waals surface area contributed by atoms with E-state index in [0.29, 0.717) is 11.5 Å². The Morgan fingerprint density at radius 1 is 1.35 bits per heavy atom. The molecule has 2 aliphatic carbocycles. The van der Waals surface area contributed by atoms with E-state index >= 15 is 0 Å². The summed E-state index contributed by atoms with van der Waals surface area (Å²) in [7, 11) is 0. The van der Waals surface area contributed by atoms with Crippen molar-refractivity contribution in [3.05, 3.63) is 11.6 Å². The molecule has 2 rings (SSSR count). The molecule has 1 saturated carbocycles. The molecule has 1 nitrogen and oxygen atoms in total. The molecule has 0 radical (unpaired) electrons. The molecule has 0 amide bonds. The minimum Gasteiger partial charge on any atom is -0.324 e. The lowest BCUT2D eigenvalue weighted by Crippen LogP contribution is -2.33. The second-order valence-electron chi connectivity index (χ2n) is 7.09. The molecule has 0 aromatic heterocycles. The first-order valence-corrected chi connectivity index (χ1v) is 7.46. The number of rotatable bonds is 2. The number of hydrogen-bond donors (Lipinski definition) is 1. The molecule has 0 aromatic carbocycles. The largest absolute Gasteiger partial charge is 0.324 e. The van der Waals surface area contributed by atoms with Crippen molar-refractivity contribution in [3.8, 4) is 0 Å². The Labute approximate surface area is 107 Å². The van der Waals surface area contributed by atoms with Crippen molar-refractivity contribution in [2.45, 2.75) is 71.8 Å². The summed E-state index contributed by atoms with van der Waals surface area (Å²) < 4.78 is 0. The van der Waals surface area contributed by atoms with Crippen LogP contribution in [0, 0.1) is 17.3 Å². The minimum atomic E-state index is 0.302. The van der Waals surface area contributed by atoms with Gasteiger partial charge in [0.1, 0.15) is 0 Å². The van der Waals surface area contributed by atoms with Crippen molar-refractivity contribution in [2.24, 2.45) is 23.0 Å². The Bertz CT molecular complexity index is 290. The second kappa shape index (κ2) is 5.14. The molecule has 0 heterocycles. The van der Waals surface area contributed by atoms with E-state index in [0.717, 1.165) is 18.3 Å². The highest BCUT2D eigenvalue weighted by Gasteiger charge is 2.32. The zero-order valence-electron chi connectivity index (χ0n) is 11.8. The molecule has 2 N–H and O–H groups in total. The Kier molecular flexibility index (Phi) is 3.97. The first-order valence-electron chi connectivity index (χ1n) is 7.46. The first-order chi connectivity index (χ1) is 8.00. The van der Waals surface area contributed by atoms with Gasteiger partial charge in [0.25, 0.3) is 0 Å². The maximum absolute atomic E-state index is 6.20. The summed E-state index contributed by atoms with van der Waals surface area (Å²) in [5.41, 5.74) is 8.30. The highest BCUT2D eigenvalue weighted by molar-refractivity contribution is 5.17. The monoisotopic (exact) mass is 235 g/mol. The predicted octanol–water partition coefficient (Wildman–Crippen LogP) is 4.28. The molecule has 17 heavy (non-hydrogen) atoms. The van der Waals surface area contributed by atoms with Crippen molar-refractivity contribution in [1.29, 1.82) is 0 Å². The van der Waals surface area contributed by atoms with E-state index in [-0.39, 0.29) is 0 Å². The number of allylic oxidation sites excluding steroid dienone is 1. The van der Waals surface area contributed by atoms with Crippen LogP contribution in [0.1, 0.15) is 65.7 Å². The van der Waals surface area contributed by atoms with Crippen LogP contribution in [0.3, 0.4) is 0 Å². The van der Waals surface area contributed by atoms with Gasteiger partial charge < -0.3 is 5.73 Å². The van der Waals surface area contributed by atoms with Crippen LogP contribution in [0.4, 0.5) is 0 Å². The fraction of sp³-hybridized carbons (Fsp3) is 0.875. The Hall–Kier alpha value is -0.300. The van der Waals surface area contributed by atoms with E-state index in [4.69, 9.17) is 5.73 Å². The summed E-state index contributed by atoms with van der Waals surface area (Å²) in [5, 5.41) is 0. The van der Waals surface area contributed by atoms with E-state index < -0.39 is 0 Å². The molecule has 98 valence electrons. The zero-order chi connectivity index (χ0) is 12.5. The van der Waals surface area contributed by atoms with E-state index in [2.05, 4.69) is 26.8 Å². The molecule has 3 atom stereocenters. The molecule has 1 heteroatoms. The van der Waals surface area contributed by atoms with E-state index in [9.17, 15) is 0 Å². The van der Waals surface area contributed by atoms with Crippen LogP contribution in [-0.2, 0) is 0 Å². The third kappa shape index (κ3) is 3.34. The van der Waals surface area contributed by atoms with Crippen LogP contribution < -0.4 is 5.73 Å². The Morgan fingerprint density at radius 3 is 2.76 bits per heavy atom. The maximum Gasteiger partial charge on any atom is 0.0231 e. The highest BCUT2D eigenvalue weighted by atomic mass is 14.6. The molecule has 3 unspecified atom stereocenters. The topological polar surface area (TPSA) is 26.0 Å². The lowest BCUT2D eigenvalue weighted by Gasteiger charge is -2.38. The van der Waals surface area contributed by atoms with Gasteiger partial charge in [0, 0.05) is 6.04 Å². The molecule has 1 fully saturated rings. The van der Waals surface area contributed by atoms with Gasteiger partial charge in [0.2, 0.25) is 0 Å². The van der Waals surface area contributed by atoms with Gasteiger partial charge in [0.05, 0.1) is 0 Å². The van der Waals surface area contributed by atoms with Gasteiger partial charge in [-0.05, 0) is 42.9 Å². The van der Waals surface area contributed by atoms with Gasteiger partial charge in [-0.2, -0.15) is 0 Å². The lowest BCUT2D eigenvalue weighted by molar-refractivity contribution is 0.242. The van der Waals surface area contributed by atoms with Gasteiger partial charge in [-0.15, -0.1) is 0 Å². The normalized spacial score (nSPS) is 37.6. The molecular weight excluding hydrogens is 206 g/mol. The first kappa shape index (κ1) is 13.1. The van der Waals surface area contributed by atoms with E-state index in [1.54, 1.807) is 5.57 Å². The van der Waals surface area contributed by atoms with Crippen molar-refractivity contribution in [3.63, 3.8) is 0 Å². The van der Waals surface area contributed by atoms with Gasteiger partial charge in [-0.3, -0.25) is 0 Å². The fourth-order valence-corrected chi connectivity index (χ4v) is 3.93. The summed E-state index contributed by atoms with van der Waals surface area (Å²) >= 11 is 0. The van der Waals surface area contributed by atoms with Gasteiger partial charge in [-0.1, -0.05) is 51.7 Å². The average molecular weight is 235 g/mol. The molecule has 0 saturated heterocycles. The Balaban J connectivity index is 2.06. The maximum atomic E-state index is 6.20.